The van der Waals surface area contributed by atoms with Gasteiger partial charge < -0.3 is 15.5 Å². The largest absolute Gasteiger partial charge is 0.351 e. The molecule has 0 aromatic heterocycles. The second kappa shape index (κ2) is 11.3. The van der Waals surface area contributed by atoms with Crippen LogP contribution in [0.3, 0.4) is 0 Å². The molecule has 11 nitrogen and oxygen atoms in total. The number of benzene rings is 2. The molecule has 0 atom stereocenters. The molecule has 0 bridgehead atoms. The molecular weight excluding hydrogens is 454 g/mol. The third-order valence-corrected chi connectivity index (χ3v) is 5.78. The molecule has 1 aliphatic rings. The number of anilines is 1. The third-order valence-electron chi connectivity index (χ3n) is 5.78. The first-order valence-corrected chi connectivity index (χ1v) is 11.3. The summed E-state index contributed by atoms with van der Waals surface area (Å²) in [4.78, 5) is 63.2. The van der Waals surface area contributed by atoms with E-state index in [-0.39, 0.29) is 30.0 Å². The molecule has 0 spiro atoms. The molecule has 2 aromatic carbocycles. The van der Waals surface area contributed by atoms with Crippen molar-refractivity contribution < 1.29 is 24.1 Å². The van der Waals surface area contributed by atoms with Crippen molar-refractivity contribution in [1.82, 2.24) is 15.1 Å². The summed E-state index contributed by atoms with van der Waals surface area (Å²) >= 11 is 0. The Balaban J connectivity index is 1.52. The summed E-state index contributed by atoms with van der Waals surface area (Å²) in [7, 11) is 0. The molecule has 35 heavy (non-hydrogen) atoms. The normalized spacial score (nSPS) is 12.6. The van der Waals surface area contributed by atoms with E-state index in [1.54, 1.807) is 24.3 Å². The lowest BCUT2D eigenvalue weighted by Crippen LogP contribution is -2.34. The summed E-state index contributed by atoms with van der Waals surface area (Å²) in [6.45, 7) is 7.01. The number of nitro benzene ring substituents is 1. The highest BCUT2D eigenvalue weighted by Crippen LogP contribution is 2.30. The van der Waals surface area contributed by atoms with Gasteiger partial charge in [-0.25, -0.2) is 0 Å². The molecular formula is C24H27N5O6. The number of fused-ring (bicyclic) bond motifs is 1. The fourth-order valence-electron chi connectivity index (χ4n) is 3.78. The summed E-state index contributed by atoms with van der Waals surface area (Å²) < 4.78 is 0. The van der Waals surface area contributed by atoms with Gasteiger partial charge in [0.05, 0.1) is 10.5 Å². The number of hydrogen-bond acceptors (Lipinski definition) is 7. The maximum Gasteiger partial charge on any atom is 0.282 e. The average Bonchev–Trinajstić information content (AvgIpc) is 3.10. The molecule has 2 N–H and O–H groups in total. The van der Waals surface area contributed by atoms with E-state index in [9.17, 15) is 29.3 Å². The van der Waals surface area contributed by atoms with Crippen molar-refractivity contribution in [3.63, 3.8) is 0 Å². The number of carbonyl (C=O) groups excluding carboxylic acids is 4. The summed E-state index contributed by atoms with van der Waals surface area (Å²) in [6.07, 6.45) is -0.188. The van der Waals surface area contributed by atoms with Crippen LogP contribution < -0.4 is 10.6 Å². The highest BCUT2D eigenvalue weighted by Gasteiger charge is 2.40. The molecule has 0 fully saturated rings. The smallest absolute Gasteiger partial charge is 0.282 e. The minimum atomic E-state index is -0.790. The van der Waals surface area contributed by atoms with Gasteiger partial charge in [-0.05, 0) is 43.4 Å². The summed E-state index contributed by atoms with van der Waals surface area (Å²) in [5.74, 6) is -2.12. The summed E-state index contributed by atoms with van der Waals surface area (Å²) in [5, 5.41) is 16.7. The molecule has 1 heterocycles. The third kappa shape index (κ3) is 5.87. The van der Waals surface area contributed by atoms with Crippen LogP contribution in [0.2, 0.25) is 0 Å². The Kier molecular flexibility index (Phi) is 8.26. The van der Waals surface area contributed by atoms with Crippen molar-refractivity contribution in [2.45, 2.75) is 20.3 Å². The zero-order valence-corrected chi connectivity index (χ0v) is 19.6. The lowest BCUT2D eigenvalue weighted by Gasteiger charge is -2.18. The molecule has 11 heteroatoms. The van der Waals surface area contributed by atoms with Gasteiger partial charge in [-0.15, -0.1) is 0 Å². The van der Waals surface area contributed by atoms with Gasteiger partial charge in [-0.3, -0.25) is 34.2 Å². The van der Waals surface area contributed by atoms with E-state index in [1.807, 2.05) is 0 Å². The Bertz CT molecular complexity index is 1140. The van der Waals surface area contributed by atoms with Crippen molar-refractivity contribution in [1.29, 1.82) is 0 Å². The zero-order valence-electron chi connectivity index (χ0n) is 19.6. The van der Waals surface area contributed by atoms with Gasteiger partial charge in [0.1, 0.15) is 5.56 Å². The monoisotopic (exact) mass is 481 g/mol. The molecule has 184 valence electrons. The maximum atomic E-state index is 12.6. The summed E-state index contributed by atoms with van der Waals surface area (Å²) in [6, 6.07) is 10.2. The van der Waals surface area contributed by atoms with Crippen molar-refractivity contribution >= 4 is 35.0 Å². The number of imide groups is 1. The van der Waals surface area contributed by atoms with Crippen LogP contribution in [-0.4, -0.2) is 71.1 Å². The lowest BCUT2D eigenvalue weighted by atomic mass is 10.1. The Hall–Kier alpha value is -4.12. The fourth-order valence-corrected chi connectivity index (χ4v) is 3.78. The van der Waals surface area contributed by atoms with Crippen LogP contribution in [0.4, 0.5) is 11.4 Å². The molecule has 3 rings (SSSR count). The minimum Gasteiger partial charge on any atom is -0.351 e. The highest BCUT2D eigenvalue weighted by atomic mass is 16.6. The van der Waals surface area contributed by atoms with Gasteiger partial charge in [0.2, 0.25) is 5.91 Å². The molecule has 1 aliphatic heterocycles. The molecule has 0 saturated heterocycles. The number of likely N-dealkylation sites (N-methyl/N-ethyl adjacent to an activating group) is 1. The fraction of sp³-hybridized carbons (Fsp3) is 0.333. The van der Waals surface area contributed by atoms with E-state index < -0.39 is 28.3 Å². The summed E-state index contributed by atoms with van der Waals surface area (Å²) in [5.41, 5.74) is 0.164. The molecule has 0 aliphatic carbocycles. The van der Waals surface area contributed by atoms with Crippen LogP contribution in [0.5, 0.6) is 0 Å². The van der Waals surface area contributed by atoms with Gasteiger partial charge in [-0.1, -0.05) is 19.9 Å². The first-order chi connectivity index (χ1) is 16.8. The van der Waals surface area contributed by atoms with E-state index in [1.165, 1.54) is 12.1 Å². The van der Waals surface area contributed by atoms with E-state index in [2.05, 4.69) is 29.4 Å². The van der Waals surface area contributed by atoms with Crippen LogP contribution in [0.1, 0.15) is 51.3 Å². The van der Waals surface area contributed by atoms with Gasteiger partial charge in [0.25, 0.3) is 23.4 Å². The standard InChI is InChI=1S/C24H27N5O6/c1-3-27(4-2)15-13-25-22(31)16-8-10-17(11-9-16)26-20(30)12-14-28-23(32)18-6-5-7-19(29(34)35)21(18)24(28)33/h5-11H,3-4,12-15H2,1-2H3,(H,25,31)(H,26,30). The van der Waals surface area contributed by atoms with Gasteiger partial charge in [-0.2, -0.15) is 0 Å². The van der Waals surface area contributed by atoms with Crippen molar-refractivity contribution in [2.75, 3.05) is 38.0 Å². The first kappa shape index (κ1) is 25.5. The molecule has 4 amide bonds. The Morgan fingerprint density at radius 2 is 1.71 bits per heavy atom. The number of nitro groups is 1. The predicted molar refractivity (Wildman–Crippen MR) is 128 cm³/mol. The van der Waals surface area contributed by atoms with Gasteiger partial charge in [0.15, 0.2) is 0 Å². The maximum absolute atomic E-state index is 12.6. The Morgan fingerprint density at radius 3 is 2.34 bits per heavy atom. The van der Waals surface area contributed by atoms with Crippen LogP contribution in [0.15, 0.2) is 42.5 Å². The van der Waals surface area contributed by atoms with E-state index in [0.29, 0.717) is 17.8 Å². The molecule has 0 unspecified atom stereocenters. The van der Waals surface area contributed by atoms with E-state index in [0.717, 1.165) is 30.6 Å². The lowest BCUT2D eigenvalue weighted by molar-refractivity contribution is -0.385. The number of rotatable bonds is 11. The quantitative estimate of drug-likeness (QED) is 0.285. The van der Waals surface area contributed by atoms with Crippen LogP contribution >= 0.6 is 0 Å². The number of nitrogens with zero attached hydrogens (tertiary/aromatic N) is 3. The number of amides is 4. The number of hydrogen-bond donors (Lipinski definition) is 2. The second-order valence-corrected chi connectivity index (χ2v) is 7.88. The highest BCUT2D eigenvalue weighted by molar-refractivity contribution is 6.23. The SMILES string of the molecule is CCN(CC)CCNC(=O)c1ccc(NC(=O)CCN2C(=O)c3cccc([N+](=O)[O-])c3C2=O)cc1. The van der Waals surface area contributed by atoms with Crippen LogP contribution in [0.25, 0.3) is 0 Å². The van der Waals surface area contributed by atoms with Gasteiger partial charge >= 0.3 is 0 Å². The molecule has 2 aromatic rings. The van der Waals surface area contributed by atoms with Crippen LogP contribution in [0, 0.1) is 10.1 Å². The van der Waals surface area contributed by atoms with Gasteiger partial charge in [0, 0.05) is 43.4 Å². The zero-order chi connectivity index (χ0) is 25.5. The Labute approximate surface area is 202 Å². The van der Waals surface area contributed by atoms with Crippen molar-refractivity contribution in [2.24, 2.45) is 0 Å². The second-order valence-electron chi connectivity index (χ2n) is 7.88. The van der Waals surface area contributed by atoms with E-state index in [4.69, 9.17) is 0 Å². The first-order valence-electron chi connectivity index (χ1n) is 11.3. The Morgan fingerprint density at radius 1 is 1.03 bits per heavy atom. The number of nitrogens with one attached hydrogen (secondary N) is 2. The molecule has 0 saturated carbocycles. The topological polar surface area (TPSA) is 142 Å². The molecule has 0 radical (unpaired) electrons. The average molecular weight is 482 g/mol. The predicted octanol–water partition coefficient (Wildman–Crippen LogP) is 2.29. The van der Waals surface area contributed by atoms with E-state index >= 15 is 0 Å². The minimum absolute atomic E-state index is 0.0458. The van der Waals surface area contributed by atoms with Crippen molar-refractivity contribution in [3.05, 3.63) is 69.3 Å². The number of carbonyl (C=O) groups is 4. The van der Waals surface area contributed by atoms with Crippen LogP contribution in [-0.2, 0) is 4.79 Å². The van der Waals surface area contributed by atoms with Crippen molar-refractivity contribution in [3.8, 4) is 0 Å².